The molecule has 0 amide bonds. The van der Waals surface area contributed by atoms with Gasteiger partial charge in [0.1, 0.15) is 10.7 Å². The third-order valence-corrected chi connectivity index (χ3v) is 6.57. The van der Waals surface area contributed by atoms with E-state index in [1.165, 1.54) is 16.6 Å². The number of anilines is 1. The van der Waals surface area contributed by atoms with E-state index in [4.69, 9.17) is 11.6 Å². The van der Waals surface area contributed by atoms with E-state index in [1.54, 1.807) is 18.8 Å². The minimum absolute atomic E-state index is 0.0530. The van der Waals surface area contributed by atoms with Gasteiger partial charge in [-0.25, -0.2) is 13.4 Å². The fraction of sp³-hybridized carbons (Fsp3) is 0.583. The lowest BCUT2D eigenvalue weighted by atomic mass is 10.3. The number of aromatic nitrogens is 1. The third-order valence-electron chi connectivity index (χ3n) is 3.26. The van der Waals surface area contributed by atoms with Crippen LogP contribution in [0.4, 0.5) is 5.82 Å². The first kappa shape index (κ1) is 15.9. The molecule has 0 radical (unpaired) electrons. The topological polar surface area (TPSA) is 62.3 Å². The molecule has 0 aliphatic carbocycles. The minimum atomic E-state index is -3.53. The summed E-state index contributed by atoms with van der Waals surface area (Å²) in [6, 6.07) is 1.51. The second-order valence-corrected chi connectivity index (χ2v) is 8.12. The van der Waals surface area contributed by atoms with Crippen LogP contribution >= 0.6 is 23.4 Å². The smallest absolute Gasteiger partial charge is 0.244 e. The molecule has 1 aliphatic rings. The Balaban J connectivity index is 2.27. The van der Waals surface area contributed by atoms with Crippen LogP contribution in [-0.2, 0) is 10.0 Å². The van der Waals surface area contributed by atoms with Gasteiger partial charge in [0.05, 0.1) is 5.02 Å². The van der Waals surface area contributed by atoms with Crippen LogP contribution in [0.3, 0.4) is 0 Å². The maximum atomic E-state index is 12.5. The molecule has 1 aromatic rings. The van der Waals surface area contributed by atoms with Gasteiger partial charge in [0.2, 0.25) is 10.0 Å². The highest BCUT2D eigenvalue weighted by molar-refractivity contribution is 7.99. The Labute approximate surface area is 129 Å². The molecular weight excluding hydrogens is 318 g/mol. The summed E-state index contributed by atoms with van der Waals surface area (Å²) < 4.78 is 26.5. The molecule has 1 saturated heterocycles. The number of nitrogens with zero attached hydrogens (tertiary/aromatic N) is 2. The van der Waals surface area contributed by atoms with Crippen LogP contribution in [0.5, 0.6) is 0 Å². The van der Waals surface area contributed by atoms with Crippen molar-refractivity contribution in [1.82, 2.24) is 9.29 Å². The van der Waals surface area contributed by atoms with Crippen molar-refractivity contribution < 1.29 is 8.42 Å². The Bertz CT molecular complexity index is 574. The summed E-state index contributed by atoms with van der Waals surface area (Å²) in [4.78, 5) is 4.23. The molecule has 0 saturated carbocycles. The number of sulfonamides is 1. The second kappa shape index (κ2) is 6.51. The summed E-state index contributed by atoms with van der Waals surface area (Å²) in [7, 11) is -1.91. The van der Waals surface area contributed by atoms with Crippen molar-refractivity contribution >= 4 is 39.2 Å². The van der Waals surface area contributed by atoms with Crippen molar-refractivity contribution in [2.24, 2.45) is 0 Å². The number of halogens is 1. The fourth-order valence-electron chi connectivity index (χ4n) is 2.03. The standard InChI is InChI=1S/C12H18ClN3O2S2/c1-3-14-12-11(13)6-10(7-15-12)20(17,18)16(2)9-4-5-19-8-9/h6-7,9H,3-5,8H2,1-2H3,(H,14,15). The maximum Gasteiger partial charge on any atom is 0.244 e. The Morgan fingerprint density at radius 2 is 2.35 bits per heavy atom. The van der Waals surface area contributed by atoms with Crippen molar-refractivity contribution in [3.8, 4) is 0 Å². The van der Waals surface area contributed by atoms with E-state index in [2.05, 4.69) is 10.3 Å². The molecule has 8 heteroatoms. The van der Waals surface area contributed by atoms with Crippen molar-refractivity contribution in [1.29, 1.82) is 0 Å². The molecular formula is C12H18ClN3O2S2. The average Bonchev–Trinajstić information content (AvgIpc) is 2.94. The first-order valence-corrected chi connectivity index (χ1v) is 9.39. The van der Waals surface area contributed by atoms with Gasteiger partial charge in [-0.2, -0.15) is 16.1 Å². The van der Waals surface area contributed by atoms with E-state index in [1.807, 2.05) is 6.92 Å². The molecule has 1 aromatic heterocycles. The lowest BCUT2D eigenvalue weighted by Crippen LogP contribution is -2.37. The molecule has 1 aliphatic heterocycles. The molecule has 0 aromatic carbocycles. The summed E-state index contributed by atoms with van der Waals surface area (Å²) in [5, 5.41) is 3.31. The molecule has 112 valence electrons. The highest BCUT2D eigenvalue weighted by Crippen LogP contribution is 2.28. The highest BCUT2D eigenvalue weighted by Gasteiger charge is 2.30. The van der Waals surface area contributed by atoms with Gasteiger partial charge in [-0.05, 0) is 25.2 Å². The van der Waals surface area contributed by atoms with Crippen molar-refractivity contribution in [2.45, 2.75) is 24.3 Å². The zero-order valence-electron chi connectivity index (χ0n) is 11.5. The summed E-state index contributed by atoms with van der Waals surface area (Å²) >= 11 is 7.84. The van der Waals surface area contributed by atoms with Gasteiger partial charge >= 0.3 is 0 Å². The van der Waals surface area contributed by atoms with E-state index in [0.29, 0.717) is 17.4 Å². The van der Waals surface area contributed by atoms with Gasteiger partial charge in [-0.1, -0.05) is 11.6 Å². The van der Waals surface area contributed by atoms with Crippen molar-refractivity contribution in [3.05, 3.63) is 17.3 Å². The largest absolute Gasteiger partial charge is 0.369 e. The number of hydrogen-bond donors (Lipinski definition) is 1. The van der Waals surface area contributed by atoms with Gasteiger partial charge in [-0.3, -0.25) is 0 Å². The number of hydrogen-bond acceptors (Lipinski definition) is 5. The molecule has 2 heterocycles. The lowest BCUT2D eigenvalue weighted by molar-refractivity contribution is 0.394. The quantitative estimate of drug-likeness (QED) is 0.894. The normalized spacial score (nSPS) is 19.5. The van der Waals surface area contributed by atoms with E-state index in [-0.39, 0.29) is 10.9 Å². The molecule has 2 rings (SSSR count). The number of nitrogens with one attached hydrogen (secondary N) is 1. The Morgan fingerprint density at radius 1 is 1.60 bits per heavy atom. The fourth-order valence-corrected chi connectivity index (χ4v) is 5.05. The summed E-state index contributed by atoms with van der Waals surface area (Å²) in [6.45, 7) is 2.60. The van der Waals surface area contributed by atoms with E-state index in [9.17, 15) is 8.42 Å². The predicted octanol–water partition coefficient (Wildman–Crippen LogP) is 2.29. The average molecular weight is 336 g/mol. The van der Waals surface area contributed by atoms with Gasteiger partial charge in [0, 0.05) is 31.6 Å². The highest BCUT2D eigenvalue weighted by atomic mass is 35.5. The number of thioether (sulfide) groups is 1. The predicted molar refractivity (Wildman–Crippen MR) is 84.1 cm³/mol. The van der Waals surface area contributed by atoms with Crippen LogP contribution in [0.15, 0.2) is 17.2 Å². The molecule has 0 spiro atoms. The van der Waals surface area contributed by atoms with Crippen LogP contribution in [0, 0.1) is 0 Å². The molecule has 1 fully saturated rings. The lowest BCUT2D eigenvalue weighted by Gasteiger charge is -2.23. The van der Waals surface area contributed by atoms with Crippen LogP contribution in [0.1, 0.15) is 13.3 Å². The molecule has 5 nitrogen and oxygen atoms in total. The zero-order chi connectivity index (χ0) is 14.8. The van der Waals surface area contributed by atoms with E-state index in [0.717, 1.165) is 17.9 Å². The zero-order valence-corrected chi connectivity index (χ0v) is 13.9. The Morgan fingerprint density at radius 3 is 2.90 bits per heavy atom. The summed E-state index contributed by atoms with van der Waals surface area (Å²) in [5.41, 5.74) is 0. The molecule has 1 unspecified atom stereocenters. The number of rotatable bonds is 5. The summed E-state index contributed by atoms with van der Waals surface area (Å²) in [6.07, 6.45) is 2.24. The molecule has 20 heavy (non-hydrogen) atoms. The second-order valence-electron chi connectivity index (χ2n) is 4.57. The van der Waals surface area contributed by atoms with Gasteiger partial charge in [0.25, 0.3) is 0 Å². The van der Waals surface area contributed by atoms with Gasteiger partial charge in [0.15, 0.2) is 0 Å². The SMILES string of the molecule is CCNc1ncc(S(=O)(=O)N(C)C2CCSC2)cc1Cl. The van der Waals surface area contributed by atoms with Crippen LogP contribution in [0.25, 0.3) is 0 Å². The molecule has 1 N–H and O–H groups in total. The van der Waals surface area contributed by atoms with E-state index < -0.39 is 10.0 Å². The summed E-state index contributed by atoms with van der Waals surface area (Å²) in [5.74, 6) is 2.35. The van der Waals surface area contributed by atoms with E-state index >= 15 is 0 Å². The van der Waals surface area contributed by atoms with Crippen molar-refractivity contribution in [3.63, 3.8) is 0 Å². The first-order valence-electron chi connectivity index (χ1n) is 6.42. The monoisotopic (exact) mass is 335 g/mol. The van der Waals surface area contributed by atoms with Gasteiger partial charge in [-0.15, -0.1) is 0 Å². The van der Waals surface area contributed by atoms with Gasteiger partial charge < -0.3 is 5.32 Å². The molecule has 1 atom stereocenters. The first-order chi connectivity index (χ1) is 9.46. The number of pyridine rings is 1. The third kappa shape index (κ3) is 3.21. The molecule has 0 bridgehead atoms. The Hall–Kier alpha value is -0.500. The maximum absolute atomic E-state index is 12.5. The Kier molecular flexibility index (Phi) is 5.17. The van der Waals surface area contributed by atoms with Crippen LogP contribution in [0.2, 0.25) is 5.02 Å². The van der Waals surface area contributed by atoms with Crippen molar-refractivity contribution in [2.75, 3.05) is 30.4 Å². The van der Waals surface area contributed by atoms with Crippen LogP contribution in [-0.4, -0.2) is 48.8 Å². The minimum Gasteiger partial charge on any atom is -0.369 e. The van der Waals surface area contributed by atoms with Crippen LogP contribution < -0.4 is 5.32 Å².